The van der Waals surface area contributed by atoms with E-state index >= 15 is 0 Å². The average Bonchev–Trinajstić information content (AvgIpc) is 2.19. The largest absolute Gasteiger partial charge is 0.379 e. The number of morpholine rings is 1. The Kier molecular flexibility index (Phi) is 2.79. The van der Waals surface area contributed by atoms with Crippen LogP contribution >= 0.6 is 0 Å². The first-order valence-electron chi connectivity index (χ1n) is 4.99. The molecule has 76 valence electrons. The molecule has 0 spiro atoms. The van der Waals surface area contributed by atoms with Gasteiger partial charge in [-0.2, -0.15) is 0 Å². The Morgan fingerprint density at radius 1 is 1.43 bits per heavy atom. The molecule has 1 aliphatic heterocycles. The molecule has 1 saturated heterocycles. The molecule has 0 N–H and O–H groups in total. The molecule has 2 aliphatic rings. The number of allylic oxidation sites excluding steroid dienone is 2. The fourth-order valence-electron chi connectivity index (χ4n) is 1.96. The summed E-state index contributed by atoms with van der Waals surface area (Å²) in [5.41, 5.74) is 1.14. The fourth-order valence-corrected chi connectivity index (χ4v) is 1.96. The summed E-state index contributed by atoms with van der Waals surface area (Å²) in [6.07, 6.45) is 5.37. The van der Waals surface area contributed by atoms with E-state index in [1.54, 1.807) is 12.2 Å². The van der Waals surface area contributed by atoms with Gasteiger partial charge in [0.25, 0.3) is 0 Å². The van der Waals surface area contributed by atoms with Gasteiger partial charge in [-0.3, -0.25) is 9.69 Å². The first-order valence-corrected chi connectivity index (χ1v) is 4.99. The molecule has 1 atom stereocenters. The predicted molar refractivity (Wildman–Crippen MR) is 54.1 cm³/mol. The van der Waals surface area contributed by atoms with E-state index in [2.05, 4.69) is 4.90 Å². The lowest BCUT2D eigenvalue weighted by molar-refractivity contribution is -0.110. The van der Waals surface area contributed by atoms with Crippen LogP contribution in [0.3, 0.4) is 0 Å². The van der Waals surface area contributed by atoms with E-state index in [9.17, 15) is 4.79 Å². The van der Waals surface area contributed by atoms with Crippen molar-refractivity contribution in [3.8, 4) is 0 Å². The number of carbonyl (C=O) groups is 1. The van der Waals surface area contributed by atoms with E-state index in [0.29, 0.717) is 6.04 Å². The van der Waals surface area contributed by atoms with E-state index in [0.717, 1.165) is 31.9 Å². The summed E-state index contributed by atoms with van der Waals surface area (Å²) in [6, 6.07) is 0.302. The monoisotopic (exact) mass is 193 g/mol. The quantitative estimate of drug-likeness (QED) is 0.616. The van der Waals surface area contributed by atoms with Crippen molar-refractivity contribution in [2.24, 2.45) is 0 Å². The molecule has 0 aromatic carbocycles. The second-order valence-corrected chi connectivity index (χ2v) is 3.74. The molecule has 14 heavy (non-hydrogen) atoms. The highest BCUT2D eigenvalue weighted by molar-refractivity contribution is 6.01. The third kappa shape index (κ3) is 1.94. The number of rotatable bonds is 1. The van der Waals surface area contributed by atoms with Crippen LogP contribution in [0.5, 0.6) is 0 Å². The summed E-state index contributed by atoms with van der Waals surface area (Å²) in [4.78, 5) is 13.4. The zero-order valence-corrected chi connectivity index (χ0v) is 8.40. The molecule has 1 fully saturated rings. The number of hydrogen-bond donors (Lipinski definition) is 0. The Labute approximate surface area is 84.0 Å². The number of hydrogen-bond acceptors (Lipinski definition) is 3. The number of carbonyl (C=O) groups excluding carboxylic acids is 1. The highest BCUT2D eigenvalue weighted by Gasteiger charge is 2.22. The van der Waals surface area contributed by atoms with Gasteiger partial charge in [-0.25, -0.2) is 0 Å². The lowest BCUT2D eigenvalue weighted by Crippen LogP contribution is -2.43. The molecule has 1 aliphatic carbocycles. The second kappa shape index (κ2) is 4.07. The third-order valence-corrected chi connectivity index (χ3v) is 2.72. The normalized spacial score (nSPS) is 29.1. The Hall–Kier alpha value is -0.930. The van der Waals surface area contributed by atoms with Crippen LogP contribution in [-0.2, 0) is 9.53 Å². The van der Waals surface area contributed by atoms with Gasteiger partial charge in [0.2, 0.25) is 0 Å². The minimum atomic E-state index is 0.104. The van der Waals surface area contributed by atoms with Crippen molar-refractivity contribution < 1.29 is 9.53 Å². The van der Waals surface area contributed by atoms with Crippen molar-refractivity contribution in [2.45, 2.75) is 13.0 Å². The van der Waals surface area contributed by atoms with Crippen LogP contribution in [0.2, 0.25) is 0 Å². The van der Waals surface area contributed by atoms with Crippen LogP contribution in [0.1, 0.15) is 6.92 Å². The lowest BCUT2D eigenvalue weighted by atomic mass is 9.99. The van der Waals surface area contributed by atoms with Crippen LogP contribution in [-0.4, -0.2) is 43.0 Å². The van der Waals surface area contributed by atoms with E-state index in [1.807, 2.05) is 13.0 Å². The van der Waals surface area contributed by atoms with Crippen LogP contribution in [0.15, 0.2) is 23.8 Å². The topological polar surface area (TPSA) is 29.5 Å². The molecule has 0 amide bonds. The van der Waals surface area contributed by atoms with E-state index in [1.165, 1.54) is 0 Å². The van der Waals surface area contributed by atoms with Gasteiger partial charge < -0.3 is 4.74 Å². The standard InChI is InChI=1S/C11H15NO2/c1-9-8-10(13)2-3-11(9)12-4-6-14-7-5-12/h2-3,8,11H,4-7H2,1H3/t11-/m1/s1. The smallest absolute Gasteiger partial charge is 0.178 e. The summed E-state index contributed by atoms with van der Waals surface area (Å²) in [5.74, 6) is 0.104. The molecular weight excluding hydrogens is 178 g/mol. The van der Waals surface area contributed by atoms with Gasteiger partial charge in [0, 0.05) is 19.1 Å². The zero-order chi connectivity index (χ0) is 9.97. The van der Waals surface area contributed by atoms with Gasteiger partial charge in [0.05, 0.1) is 13.2 Å². The minimum Gasteiger partial charge on any atom is -0.379 e. The molecule has 1 heterocycles. The molecule has 0 bridgehead atoms. The predicted octanol–water partition coefficient (Wildman–Crippen LogP) is 0.772. The maximum atomic E-state index is 11.1. The highest BCUT2D eigenvalue weighted by atomic mass is 16.5. The van der Waals surface area contributed by atoms with Crippen molar-refractivity contribution in [2.75, 3.05) is 26.3 Å². The number of ketones is 1. The van der Waals surface area contributed by atoms with Gasteiger partial charge in [0.15, 0.2) is 5.78 Å². The van der Waals surface area contributed by atoms with Crippen molar-refractivity contribution in [1.29, 1.82) is 0 Å². The van der Waals surface area contributed by atoms with Crippen LogP contribution in [0, 0.1) is 0 Å². The Morgan fingerprint density at radius 3 is 2.79 bits per heavy atom. The van der Waals surface area contributed by atoms with E-state index < -0.39 is 0 Å². The fraction of sp³-hybridized carbons (Fsp3) is 0.545. The van der Waals surface area contributed by atoms with Crippen LogP contribution < -0.4 is 0 Å². The molecule has 2 rings (SSSR count). The van der Waals surface area contributed by atoms with E-state index in [4.69, 9.17) is 4.74 Å². The molecule has 3 nitrogen and oxygen atoms in total. The summed E-state index contributed by atoms with van der Waals surface area (Å²) in [6.45, 7) is 5.52. The average molecular weight is 193 g/mol. The number of ether oxygens (including phenoxy) is 1. The SMILES string of the molecule is CC1=CC(=O)C=C[C@H]1N1CCOCC1. The van der Waals surface area contributed by atoms with Crippen molar-refractivity contribution in [1.82, 2.24) is 4.90 Å². The molecule has 0 radical (unpaired) electrons. The maximum Gasteiger partial charge on any atom is 0.178 e. The molecule has 0 aromatic rings. The molecule has 0 saturated carbocycles. The zero-order valence-electron chi connectivity index (χ0n) is 8.40. The van der Waals surface area contributed by atoms with E-state index in [-0.39, 0.29) is 5.78 Å². The van der Waals surface area contributed by atoms with Gasteiger partial charge in [-0.05, 0) is 24.6 Å². The second-order valence-electron chi connectivity index (χ2n) is 3.74. The highest BCUT2D eigenvalue weighted by Crippen LogP contribution is 2.17. The lowest BCUT2D eigenvalue weighted by Gasteiger charge is -2.34. The molecule has 0 unspecified atom stereocenters. The van der Waals surface area contributed by atoms with Crippen molar-refractivity contribution in [3.63, 3.8) is 0 Å². The Bertz CT molecular complexity index is 288. The van der Waals surface area contributed by atoms with Crippen molar-refractivity contribution >= 4 is 5.78 Å². The third-order valence-electron chi connectivity index (χ3n) is 2.72. The summed E-state index contributed by atoms with van der Waals surface area (Å²) < 4.78 is 5.29. The minimum absolute atomic E-state index is 0.104. The summed E-state index contributed by atoms with van der Waals surface area (Å²) >= 11 is 0. The van der Waals surface area contributed by atoms with Gasteiger partial charge >= 0.3 is 0 Å². The first kappa shape index (κ1) is 9.62. The molecule has 3 heteroatoms. The van der Waals surface area contributed by atoms with Crippen LogP contribution in [0.25, 0.3) is 0 Å². The molecular formula is C11H15NO2. The maximum absolute atomic E-state index is 11.1. The summed E-state index contributed by atoms with van der Waals surface area (Å²) in [7, 11) is 0. The Morgan fingerprint density at radius 2 is 2.14 bits per heavy atom. The van der Waals surface area contributed by atoms with Crippen molar-refractivity contribution in [3.05, 3.63) is 23.8 Å². The Balaban J connectivity index is 2.06. The first-order chi connectivity index (χ1) is 6.77. The van der Waals surface area contributed by atoms with Gasteiger partial charge in [-0.15, -0.1) is 0 Å². The molecule has 0 aromatic heterocycles. The van der Waals surface area contributed by atoms with Crippen LogP contribution in [0.4, 0.5) is 0 Å². The van der Waals surface area contributed by atoms with Gasteiger partial charge in [-0.1, -0.05) is 6.08 Å². The van der Waals surface area contributed by atoms with Gasteiger partial charge in [0.1, 0.15) is 0 Å². The summed E-state index contributed by atoms with van der Waals surface area (Å²) in [5, 5.41) is 0. The number of nitrogens with zero attached hydrogens (tertiary/aromatic N) is 1.